The summed E-state index contributed by atoms with van der Waals surface area (Å²) in [4.78, 5) is 3.46. The van der Waals surface area contributed by atoms with Gasteiger partial charge in [-0.3, -0.25) is 0 Å². The van der Waals surface area contributed by atoms with Crippen LogP contribution in [0.3, 0.4) is 0 Å². The monoisotopic (exact) mass is 245 g/mol. The van der Waals surface area contributed by atoms with E-state index in [9.17, 15) is 0 Å². The average molecular weight is 245 g/mol. The fraction of sp³-hybridized carbons (Fsp3) is 0.467. The number of para-hydroxylation sites is 1. The topological polar surface area (TPSA) is 53.8 Å². The molecule has 1 aromatic heterocycles. The van der Waals surface area contributed by atoms with Crippen LogP contribution in [0.4, 0.5) is 0 Å². The van der Waals surface area contributed by atoms with Crippen LogP contribution in [0.1, 0.15) is 30.6 Å². The molecule has 98 valence electrons. The molecule has 4 N–H and O–H groups in total. The molecule has 3 heteroatoms. The van der Waals surface area contributed by atoms with Crippen molar-refractivity contribution in [2.75, 3.05) is 13.6 Å². The Morgan fingerprint density at radius 2 is 2.06 bits per heavy atom. The van der Waals surface area contributed by atoms with Crippen molar-refractivity contribution in [1.29, 1.82) is 0 Å². The standard InChI is InChI=1S/C15H23N3/c1-10(9-16)8-14(17-3)15-11(2)18-13-7-5-4-6-12(13)15/h4-7,10,14,17-18H,8-9,16H2,1-3H3. The fourth-order valence-electron chi connectivity index (χ4n) is 2.63. The molecule has 2 atom stereocenters. The van der Waals surface area contributed by atoms with Gasteiger partial charge < -0.3 is 16.0 Å². The number of fused-ring (bicyclic) bond motifs is 1. The van der Waals surface area contributed by atoms with Gasteiger partial charge in [0.2, 0.25) is 0 Å². The van der Waals surface area contributed by atoms with Crippen molar-refractivity contribution in [2.24, 2.45) is 11.7 Å². The number of aromatic amines is 1. The zero-order valence-electron chi connectivity index (χ0n) is 11.5. The molecule has 0 aliphatic rings. The van der Waals surface area contributed by atoms with Crippen molar-refractivity contribution >= 4 is 10.9 Å². The summed E-state index contributed by atoms with van der Waals surface area (Å²) in [5, 5.41) is 4.75. The number of benzene rings is 1. The summed E-state index contributed by atoms with van der Waals surface area (Å²) in [6.45, 7) is 5.08. The highest BCUT2D eigenvalue weighted by atomic mass is 14.9. The molecule has 18 heavy (non-hydrogen) atoms. The van der Waals surface area contributed by atoms with Gasteiger partial charge in [-0.1, -0.05) is 25.1 Å². The van der Waals surface area contributed by atoms with E-state index in [0.717, 1.165) is 13.0 Å². The SMILES string of the molecule is CNC(CC(C)CN)c1c(C)[nH]c2ccccc12. The molecule has 2 aromatic rings. The van der Waals surface area contributed by atoms with Crippen molar-refractivity contribution in [3.05, 3.63) is 35.5 Å². The predicted molar refractivity (Wildman–Crippen MR) is 77.7 cm³/mol. The molecule has 1 heterocycles. The molecule has 0 saturated carbocycles. The van der Waals surface area contributed by atoms with Gasteiger partial charge in [-0.2, -0.15) is 0 Å². The number of hydrogen-bond acceptors (Lipinski definition) is 2. The van der Waals surface area contributed by atoms with Crippen molar-refractivity contribution in [3.63, 3.8) is 0 Å². The van der Waals surface area contributed by atoms with Crippen LogP contribution in [-0.2, 0) is 0 Å². The van der Waals surface area contributed by atoms with Gasteiger partial charge >= 0.3 is 0 Å². The molecule has 0 radical (unpaired) electrons. The lowest BCUT2D eigenvalue weighted by molar-refractivity contribution is 0.438. The first-order valence-corrected chi connectivity index (χ1v) is 6.62. The minimum absolute atomic E-state index is 0.361. The predicted octanol–water partition coefficient (Wildman–Crippen LogP) is 2.72. The minimum Gasteiger partial charge on any atom is -0.358 e. The first kappa shape index (κ1) is 13.1. The highest BCUT2D eigenvalue weighted by molar-refractivity contribution is 5.85. The quantitative estimate of drug-likeness (QED) is 0.758. The molecule has 2 unspecified atom stereocenters. The fourth-order valence-corrected chi connectivity index (χ4v) is 2.63. The van der Waals surface area contributed by atoms with Gasteiger partial charge in [0.15, 0.2) is 0 Å². The first-order valence-electron chi connectivity index (χ1n) is 6.62. The molecule has 3 nitrogen and oxygen atoms in total. The molecule has 0 fully saturated rings. The van der Waals surface area contributed by atoms with Crippen molar-refractivity contribution in [1.82, 2.24) is 10.3 Å². The van der Waals surface area contributed by atoms with Crippen molar-refractivity contribution in [2.45, 2.75) is 26.3 Å². The van der Waals surface area contributed by atoms with Crippen LogP contribution in [0.25, 0.3) is 10.9 Å². The minimum atomic E-state index is 0.361. The van der Waals surface area contributed by atoms with E-state index < -0.39 is 0 Å². The summed E-state index contributed by atoms with van der Waals surface area (Å²) >= 11 is 0. The van der Waals surface area contributed by atoms with E-state index in [4.69, 9.17) is 5.73 Å². The summed E-state index contributed by atoms with van der Waals surface area (Å²) in [6.07, 6.45) is 1.07. The maximum atomic E-state index is 5.74. The van der Waals surface area contributed by atoms with Crippen LogP contribution in [0.2, 0.25) is 0 Å². The molecule has 0 bridgehead atoms. The van der Waals surface area contributed by atoms with Crippen LogP contribution in [0.5, 0.6) is 0 Å². The highest BCUT2D eigenvalue weighted by Gasteiger charge is 2.19. The Labute approximate surface area is 109 Å². The zero-order chi connectivity index (χ0) is 13.1. The number of hydrogen-bond donors (Lipinski definition) is 3. The number of rotatable bonds is 5. The lowest BCUT2D eigenvalue weighted by Gasteiger charge is -2.20. The number of nitrogens with one attached hydrogen (secondary N) is 2. The molecule has 2 rings (SSSR count). The molecule has 0 aliphatic carbocycles. The molecule has 0 amide bonds. The summed E-state index contributed by atoms with van der Waals surface area (Å²) in [6, 6.07) is 8.84. The second kappa shape index (κ2) is 5.55. The third-order valence-corrected chi connectivity index (χ3v) is 3.68. The summed E-state index contributed by atoms with van der Waals surface area (Å²) < 4.78 is 0. The lowest BCUT2D eigenvalue weighted by atomic mass is 9.94. The van der Waals surface area contributed by atoms with Crippen LogP contribution < -0.4 is 11.1 Å². The third kappa shape index (κ3) is 2.42. The zero-order valence-corrected chi connectivity index (χ0v) is 11.5. The molecule has 0 spiro atoms. The van der Waals surface area contributed by atoms with E-state index in [0.29, 0.717) is 12.0 Å². The third-order valence-electron chi connectivity index (χ3n) is 3.68. The number of nitrogens with two attached hydrogens (primary N) is 1. The summed E-state index contributed by atoms with van der Waals surface area (Å²) in [7, 11) is 2.02. The summed E-state index contributed by atoms with van der Waals surface area (Å²) in [5.74, 6) is 0.524. The largest absolute Gasteiger partial charge is 0.358 e. The van der Waals surface area contributed by atoms with E-state index in [1.807, 2.05) is 7.05 Å². The molecule has 1 aromatic carbocycles. The van der Waals surface area contributed by atoms with Gasteiger partial charge in [0.25, 0.3) is 0 Å². The Balaban J connectivity index is 2.41. The molecule has 0 aliphatic heterocycles. The summed E-state index contributed by atoms with van der Waals surface area (Å²) in [5.41, 5.74) is 9.59. The molecular formula is C15H23N3. The van der Waals surface area contributed by atoms with E-state index in [1.54, 1.807) is 0 Å². The molecule has 0 saturated heterocycles. The van der Waals surface area contributed by atoms with Gasteiger partial charge in [0, 0.05) is 22.6 Å². The van der Waals surface area contributed by atoms with Crippen LogP contribution in [0.15, 0.2) is 24.3 Å². The number of H-pyrrole nitrogens is 1. The molecular weight excluding hydrogens is 222 g/mol. The average Bonchev–Trinajstić information content (AvgIpc) is 2.71. The van der Waals surface area contributed by atoms with E-state index in [-0.39, 0.29) is 0 Å². The van der Waals surface area contributed by atoms with Gasteiger partial charge in [-0.15, -0.1) is 0 Å². The van der Waals surface area contributed by atoms with Gasteiger partial charge in [-0.25, -0.2) is 0 Å². The maximum Gasteiger partial charge on any atom is 0.0459 e. The Hall–Kier alpha value is -1.32. The maximum absolute atomic E-state index is 5.74. The smallest absolute Gasteiger partial charge is 0.0459 e. The van der Waals surface area contributed by atoms with Crippen molar-refractivity contribution in [3.8, 4) is 0 Å². The van der Waals surface area contributed by atoms with Gasteiger partial charge in [0.1, 0.15) is 0 Å². The lowest BCUT2D eigenvalue weighted by Crippen LogP contribution is -2.22. The number of aromatic nitrogens is 1. The van der Waals surface area contributed by atoms with Crippen LogP contribution >= 0.6 is 0 Å². The van der Waals surface area contributed by atoms with Gasteiger partial charge in [-0.05, 0) is 44.5 Å². The van der Waals surface area contributed by atoms with Crippen LogP contribution in [-0.4, -0.2) is 18.6 Å². The Morgan fingerprint density at radius 1 is 1.33 bits per heavy atom. The second-order valence-electron chi connectivity index (χ2n) is 5.13. The Morgan fingerprint density at radius 3 is 2.72 bits per heavy atom. The van der Waals surface area contributed by atoms with Crippen LogP contribution in [0, 0.1) is 12.8 Å². The Bertz CT molecular complexity index is 515. The van der Waals surface area contributed by atoms with Crippen molar-refractivity contribution < 1.29 is 0 Å². The van der Waals surface area contributed by atoms with Gasteiger partial charge in [0.05, 0.1) is 0 Å². The normalized spacial score (nSPS) is 14.9. The van der Waals surface area contributed by atoms with E-state index in [2.05, 4.69) is 48.4 Å². The first-order chi connectivity index (χ1) is 8.67. The highest BCUT2D eigenvalue weighted by Crippen LogP contribution is 2.30. The second-order valence-corrected chi connectivity index (χ2v) is 5.13. The Kier molecular flexibility index (Phi) is 4.04. The van der Waals surface area contributed by atoms with E-state index >= 15 is 0 Å². The number of aryl methyl sites for hydroxylation is 1. The van der Waals surface area contributed by atoms with E-state index in [1.165, 1.54) is 22.2 Å².